The highest BCUT2D eigenvalue weighted by Crippen LogP contribution is 2.45. The molecule has 1 atom stereocenters. The average Bonchev–Trinajstić information content (AvgIpc) is 2.47. The summed E-state index contributed by atoms with van der Waals surface area (Å²) in [7, 11) is 2.05. The maximum Gasteiger partial charge on any atom is 0.125 e. The standard InChI is InChI=1S/C17H25BrN2O/c1-12(2)20-8-6-17(7-9-20)11-15(19-3)14-10-13(18)4-5-16(14)21-17/h4-5,10,12,15,19H,6-9,11H2,1-3H3. The normalized spacial score (nSPS) is 24.9. The van der Waals surface area contributed by atoms with Crippen LogP contribution in [-0.4, -0.2) is 36.7 Å². The number of likely N-dealkylation sites (tertiary alicyclic amines) is 1. The van der Waals surface area contributed by atoms with Crippen LogP contribution in [0.2, 0.25) is 0 Å². The number of ether oxygens (including phenoxy) is 1. The van der Waals surface area contributed by atoms with Crippen molar-refractivity contribution in [3.05, 3.63) is 28.2 Å². The van der Waals surface area contributed by atoms with Gasteiger partial charge in [0.25, 0.3) is 0 Å². The molecular weight excluding hydrogens is 328 g/mol. The highest BCUT2D eigenvalue weighted by molar-refractivity contribution is 9.10. The summed E-state index contributed by atoms with van der Waals surface area (Å²) in [4.78, 5) is 2.56. The number of rotatable bonds is 2. The Kier molecular flexibility index (Phi) is 4.30. The van der Waals surface area contributed by atoms with E-state index >= 15 is 0 Å². The zero-order valence-electron chi connectivity index (χ0n) is 13.2. The van der Waals surface area contributed by atoms with Crippen LogP contribution < -0.4 is 10.1 Å². The summed E-state index contributed by atoms with van der Waals surface area (Å²) in [6.45, 7) is 6.84. The van der Waals surface area contributed by atoms with Gasteiger partial charge in [-0.3, -0.25) is 0 Å². The van der Waals surface area contributed by atoms with Crippen molar-refractivity contribution >= 4 is 15.9 Å². The molecule has 0 aliphatic carbocycles. The van der Waals surface area contributed by atoms with E-state index in [0.717, 1.165) is 42.6 Å². The van der Waals surface area contributed by atoms with Gasteiger partial charge in [0.2, 0.25) is 0 Å². The molecule has 3 rings (SSSR count). The van der Waals surface area contributed by atoms with Crippen LogP contribution in [0.5, 0.6) is 5.75 Å². The molecule has 1 fully saturated rings. The van der Waals surface area contributed by atoms with Crippen molar-refractivity contribution < 1.29 is 4.74 Å². The summed E-state index contributed by atoms with van der Waals surface area (Å²) in [5.74, 6) is 1.06. The molecule has 1 saturated heterocycles. The molecule has 1 spiro atoms. The zero-order chi connectivity index (χ0) is 15.0. The Bertz CT molecular complexity index is 510. The SMILES string of the molecule is CNC1CC2(CCN(C(C)C)CC2)Oc2ccc(Br)cc21. The molecular formula is C17H25BrN2O. The Labute approximate surface area is 136 Å². The van der Waals surface area contributed by atoms with E-state index in [9.17, 15) is 0 Å². The molecule has 1 aromatic carbocycles. The van der Waals surface area contributed by atoms with E-state index < -0.39 is 0 Å². The predicted molar refractivity (Wildman–Crippen MR) is 89.9 cm³/mol. The minimum absolute atomic E-state index is 0.0138. The van der Waals surface area contributed by atoms with E-state index in [0.29, 0.717) is 12.1 Å². The topological polar surface area (TPSA) is 24.5 Å². The van der Waals surface area contributed by atoms with Gasteiger partial charge < -0.3 is 15.0 Å². The van der Waals surface area contributed by atoms with Crippen molar-refractivity contribution in [1.82, 2.24) is 10.2 Å². The first kappa shape index (κ1) is 15.3. The zero-order valence-corrected chi connectivity index (χ0v) is 14.7. The molecule has 2 aliphatic heterocycles. The van der Waals surface area contributed by atoms with E-state index in [1.807, 2.05) is 0 Å². The van der Waals surface area contributed by atoms with Gasteiger partial charge in [-0.05, 0) is 51.9 Å². The molecule has 0 radical (unpaired) electrons. The van der Waals surface area contributed by atoms with Gasteiger partial charge >= 0.3 is 0 Å². The lowest BCUT2D eigenvalue weighted by molar-refractivity contribution is -0.0306. The Morgan fingerprint density at radius 1 is 1.33 bits per heavy atom. The average molecular weight is 353 g/mol. The fourth-order valence-electron chi connectivity index (χ4n) is 3.65. The molecule has 21 heavy (non-hydrogen) atoms. The van der Waals surface area contributed by atoms with Gasteiger partial charge in [-0.2, -0.15) is 0 Å². The third-order valence-corrected chi connectivity index (χ3v) is 5.53. The molecule has 1 aromatic rings. The number of hydrogen-bond donors (Lipinski definition) is 1. The van der Waals surface area contributed by atoms with Crippen molar-refractivity contribution in [2.75, 3.05) is 20.1 Å². The van der Waals surface area contributed by atoms with Crippen molar-refractivity contribution in [3.63, 3.8) is 0 Å². The van der Waals surface area contributed by atoms with Crippen LogP contribution in [0.25, 0.3) is 0 Å². The summed E-state index contributed by atoms with van der Waals surface area (Å²) >= 11 is 3.57. The molecule has 0 saturated carbocycles. The van der Waals surface area contributed by atoms with Crippen molar-refractivity contribution in [1.29, 1.82) is 0 Å². The smallest absolute Gasteiger partial charge is 0.125 e. The number of piperidine rings is 1. The second-order valence-corrected chi connectivity index (χ2v) is 7.56. The lowest BCUT2D eigenvalue weighted by Gasteiger charge is -2.47. The first-order chi connectivity index (χ1) is 10.0. The number of halogens is 1. The van der Waals surface area contributed by atoms with Crippen LogP contribution in [0.3, 0.4) is 0 Å². The number of hydrogen-bond acceptors (Lipinski definition) is 3. The minimum Gasteiger partial charge on any atom is -0.487 e. The first-order valence-corrected chi connectivity index (χ1v) is 8.72. The second kappa shape index (κ2) is 5.90. The fourth-order valence-corrected chi connectivity index (χ4v) is 4.03. The Balaban J connectivity index is 1.83. The molecule has 0 aromatic heterocycles. The molecule has 2 aliphatic rings. The van der Waals surface area contributed by atoms with Gasteiger partial charge in [-0.25, -0.2) is 0 Å². The van der Waals surface area contributed by atoms with Gasteiger partial charge in [0.15, 0.2) is 0 Å². The highest BCUT2D eigenvalue weighted by atomic mass is 79.9. The number of fused-ring (bicyclic) bond motifs is 1. The van der Waals surface area contributed by atoms with E-state index in [4.69, 9.17) is 4.74 Å². The maximum atomic E-state index is 6.49. The van der Waals surface area contributed by atoms with E-state index in [1.54, 1.807) is 0 Å². The number of benzene rings is 1. The lowest BCUT2D eigenvalue weighted by Crippen LogP contribution is -2.52. The quantitative estimate of drug-likeness (QED) is 0.877. The molecule has 4 heteroatoms. The highest BCUT2D eigenvalue weighted by Gasteiger charge is 2.43. The summed E-state index contributed by atoms with van der Waals surface area (Å²) in [6.07, 6.45) is 3.32. The summed E-state index contributed by atoms with van der Waals surface area (Å²) in [5, 5.41) is 3.48. The largest absolute Gasteiger partial charge is 0.487 e. The summed E-state index contributed by atoms with van der Waals surface area (Å²) in [6, 6.07) is 7.39. The van der Waals surface area contributed by atoms with Gasteiger partial charge in [0, 0.05) is 41.6 Å². The van der Waals surface area contributed by atoms with Gasteiger partial charge in [-0.15, -0.1) is 0 Å². The van der Waals surface area contributed by atoms with Gasteiger partial charge in [-0.1, -0.05) is 15.9 Å². The third-order valence-electron chi connectivity index (χ3n) is 5.04. The molecule has 116 valence electrons. The predicted octanol–water partition coefficient (Wildman–Crippen LogP) is 3.74. The van der Waals surface area contributed by atoms with Gasteiger partial charge in [0.1, 0.15) is 11.4 Å². The van der Waals surface area contributed by atoms with E-state index in [2.05, 4.69) is 65.2 Å². The van der Waals surface area contributed by atoms with Crippen LogP contribution in [0.1, 0.15) is 44.7 Å². The van der Waals surface area contributed by atoms with Gasteiger partial charge in [0.05, 0.1) is 0 Å². The molecule has 0 amide bonds. The third kappa shape index (κ3) is 2.99. The second-order valence-electron chi connectivity index (χ2n) is 6.64. The van der Waals surface area contributed by atoms with Crippen LogP contribution in [0.15, 0.2) is 22.7 Å². The Morgan fingerprint density at radius 2 is 2.05 bits per heavy atom. The van der Waals surface area contributed by atoms with Crippen LogP contribution in [0, 0.1) is 0 Å². The monoisotopic (exact) mass is 352 g/mol. The van der Waals surface area contributed by atoms with Crippen LogP contribution >= 0.6 is 15.9 Å². The van der Waals surface area contributed by atoms with Crippen LogP contribution in [-0.2, 0) is 0 Å². The molecule has 3 nitrogen and oxygen atoms in total. The lowest BCUT2D eigenvalue weighted by atomic mass is 9.80. The molecule has 1 unspecified atom stereocenters. The molecule has 2 heterocycles. The molecule has 1 N–H and O–H groups in total. The Morgan fingerprint density at radius 3 is 2.67 bits per heavy atom. The van der Waals surface area contributed by atoms with E-state index in [1.165, 1.54) is 5.56 Å². The number of nitrogens with one attached hydrogen (secondary N) is 1. The first-order valence-electron chi connectivity index (χ1n) is 7.93. The van der Waals surface area contributed by atoms with Crippen molar-refractivity contribution in [2.45, 2.75) is 50.8 Å². The van der Waals surface area contributed by atoms with E-state index in [-0.39, 0.29) is 5.60 Å². The fraction of sp³-hybridized carbons (Fsp3) is 0.647. The number of nitrogens with zero attached hydrogens (tertiary/aromatic N) is 1. The Hall–Kier alpha value is -0.580. The van der Waals surface area contributed by atoms with Crippen molar-refractivity contribution in [3.8, 4) is 5.75 Å². The summed E-state index contributed by atoms with van der Waals surface area (Å²) in [5.41, 5.74) is 1.30. The summed E-state index contributed by atoms with van der Waals surface area (Å²) < 4.78 is 7.61. The maximum absolute atomic E-state index is 6.49. The van der Waals surface area contributed by atoms with Crippen molar-refractivity contribution in [2.24, 2.45) is 0 Å². The minimum atomic E-state index is 0.0138. The molecule has 0 bridgehead atoms. The van der Waals surface area contributed by atoms with Crippen LogP contribution in [0.4, 0.5) is 0 Å².